The zero-order chi connectivity index (χ0) is 15.9. The van der Waals surface area contributed by atoms with Crippen molar-refractivity contribution >= 4 is 0 Å². The second-order valence-corrected chi connectivity index (χ2v) is 7.50. The van der Waals surface area contributed by atoms with Gasteiger partial charge in [0.05, 0.1) is 12.1 Å². The van der Waals surface area contributed by atoms with E-state index in [-0.39, 0.29) is 12.1 Å². The van der Waals surface area contributed by atoms with E-state index in [0.717, 1.165) is 19.3 Å². The minimum Gasteiger partial charge on any atom is -0.381 e. The van der Waals surface area contributed by atoms with Crippen LogP contribution in [0, 0.1) is 11.8 Å². The number of halogens is 2. The smallest absolute Gasteiger partial charge is 0.118 e. The molecule has 3 fully saturated rings. The highest BCUT2D eigenvalue weighted by Crippen LogP contribution is 2.44. The summed E-state index contributed by atoms with van der Waals surface area (Å²) in [6, 6.07) is -0.739. The van der Waals surface area contributed by atoms with E-state index in [4.69, 9.17) is 4.74 Å². The molecule has 0 amide bonds. The lowest BCUT2D eigenvalue weighted by molar-refractivity contribution is -0.167. The van der Waals surface area contributed by atoms with Gasteiger partial charge in [0, 0.05) is 13.2 Å². The number of aliphatic hydroxyl groups is 1. The normalized spacial score (nSPS) is 50.6. The van der Waals surface area contributed by atoms with Gasteiger partial charge in [0.25, 0.3) is 0 Å². The topological polar surface area (TPSA) is 32.7 Å². The Morgan fingerprint density at radius 3 is 2.36 bits per heavy atom. The number of rotatable bonds is 2. The first-order valence-electron chi connectivity index (χ1n) is 8.79. The first-order chi connectivity index (χ1) is 10.5. The lowest BCUT2D eigenvalue weighted by Crippen LogP contribution is -2.64. The number of aliphatic hydroxyl groups excluding tert-OH is 1. The fraction of sp³-hybridized carbons (Fsp3) is 1.00. The SMILES string of the molecule is COC1CC(C)C2CCC(O)N(C3C(F)CCC[C@@H]3F)C2C1. The van der Waals surface area contributed by atoms with Crippen LogP contribution in [0.5, 0.6) is 0 Å². The number of nitrogens with zero attached hydrogens (tertiary/aromatic N) is 1. The first kappa shape index (κ1) is 16.6. The summed E-state index contributed by atoms with van der Waals surface area (Å²) in [5.41, 5.74) is 0. The molecular formula is C17H29F2NO2. The number of alkyl halides is 2. The van der Waals surface area contributed by atoms with Gasteiger partial charge >= 0.3 is 0 Å². The van der Waals surface area contributed by atoms with Crippen molar-refractivity contribution in [2.45, 2.75) is 88.6 Å². The van der Waals surface area contributed by atoms with Crippen LogP contribution >= 0.6 is 0 Å². The van der Waals surface area contributed by atoms with Crippen LogP contribution in [-0.2, 0) is 4.74 Å². The summed E-state index contributed by atoms with van der Waals surface area (Å²) in [5, 5.41) is 10.5. The van der Waals surface area contributed by atoms with E-state index in [0.29, 0.717) is 37.5 Å². The molecular weight excluding hydrogens is 288 g/mol. The largest absolute Gasteiger partial charge is 0.381 e. The molecule has 2 saturated carbocycles. The highest BCUT2D eigenvalue weighted by Gasteiger charge is 2.50. The minimum atomic E-state index is -1.17. The van der Waals surface area contributed by atoms with Crippen LogP contribution in [0.3, 0.4) is 0 Å². The van der Waals surface area contributed by atoms with E-state index in [1.54, 1.807) is 12.0 Å². The third kappa shape index (κ3) is 2.92. The van der Waals surface area contributed by atoms with Crippen molar-refractivity contribution in [3.63, 3.8) is 0 Å². The van der Waals surface area contributed by atoms with Gasteiger partial charge in [0.1, 0.15) is 18.6 Å². The average molecular weight is 317 g/mol. The van der Waals surface area contributed by atoms with Gasteiger partial charge in [-0.3, -0.25) is 4.90 Å². The van der Waals surface area contributed by atoms with Crippen molar-refractivity contribution in [1.82, 2.24) is 4.90 Å². The Kier molecular flexibility index (Phi) is 5.05. The van der Waals surface area contributed by atoms with Crippen molar-refractivity contribution in [3.05, 3.63) is 0 Å². The van der Waals surface area contributed by atoms with Gasteiger partial charge in [-0.1, -0.05) is 6.92 Å². The van der Waals surface area contributed by atoms with Crippen LogP contribution in [-0.4, -0.2) is 53.9 Å². The van der Waals surface area contributed by atoms with Gasteiger partial charge in [0.15, 0.2) is 0 Å². The third-order valence-electron chi connectivity index (χ3n) is 6.23. The number of methoxy groups -OCH3 is 1. The van der Waals surface area contributed by atoms with Crippen molar-refractivity contribution in [2.24, 2.45) is 11.8 Å². The van der Waals surface area contributed by atoms with E-state index in [1.165, 1.54) is 0 Å². The monoisotopic (exact) mass is 317 g/mol. The maximum atomic E-state index is 14.5. The van der Waals surface area contributed by atoms with E-state index in [2.05, 4.69) is 6.92 Å². The van der Waals surface area contributed by atoms with Crippen molar-refractivity contribution in [3.8, 4) is 0 Å². The summed E-state index contributed by atoms with van der Waals surface area (Å²) in [6.45, 7) is 2.21. The maximum absolute atomic E-state index is 14.5. The predicted octanol–water partition coefficient (Wildman–Crippen LogP) is 3.06. The van der Waals surface area contributed by atoms with Gasteiger partial charge in [0.2, 0.25) is 0 Å². The molecule has 0 aromatic rings. The van der Waals surface area contributed by atoms with E-state index < -0.39 is 24.6 Å². The van der Waals surface area contributed by atoms with E-state index in [1.807, 2.05) is 0 Å². The van der Waals surface area contributed by atoms with Gasteiger partial charge in [-0.15, -0.1) is 0 Å². The highest BCUT2D eigenvalue weighted by molar-refractivity contribution is 5.01. The fourth-order valence-corrected chi connectivity index (χ4v) is 5.10. The lowest BCUT2D eigenvalue weighted by Gasteiger charge is -2.54. The van der Waals surface area contributed by atoms with Crippen LogP contribution in [0.25, 0.3) is 0 Å². The van der Waals surface area contributed by atoms with Crippen molar-refractivity contribution in [2.75, 3.05) is 7.11 Å². The van der Waals surface area contributed by atoms with Crippen LogP contribution in [0.15, 0.2) is 0 Å². The Morgan fingerprint density at radius 2 is 1.73 bits per heavy atom. The molecule has 3 nitrogen and oxygen atoms in total. The number of likely N-dealkylation sites (tertiary alicyclic amines) is 1. The summed E-state index contributed by atoms with van der Waals surface area (Å²) in [6.07, 6.45) is 1.85. The number of hydrogen-bond donors (Lipinski definition) is 1. The van der Waals surface area contributed by atoms with Crippen molar-refractivity contribution < 1.29 is 18.6 Å². The zero-order valence-electron chi connectivity index (χ0n) is 13.6. The summed E-state index contributed by atoms with van der Waals surface area (Å²) < 4.78 is 34.5. The van der Waals surface area contributed by atoms with Crippen LogP contribution in [0.2, 0.25) is 0 Å². The summed E-state index contributed by atoms with van der Waals surface area (Å²) in [4.78, 5) is 1.80. The van der Waals surface area contributed by atoms with Gasteiger partial charge < -0.3 is 9.84 Å². The molecule has 5 heteroatoms. The molecule has 0 aromatic carbocycles. The Morgan fingerprint density at radius 1 is 1.05 bits per heavy atom. The Balaban J connectivity index is 1.86. The zero-order valence-corrected chi connectivity index (χ0v) is 13.6. The number of hydrogen-bond acceptors (Lipinski definition) is 3. The fourth-order valence-electron chi connectivity index (χ4n) is 5.10. The molecule has 22 heavy (non-hydrogen) atoms. The maximum Gasteiger partial charge on any atom is 0.118 e. The minimum absolute atomic E-state index is 0.0389. The second-order valence-electron chi connectivity index (χ2n) is 7.50. The standard InChI is InChI=1S/C17H29F2NO2/c1-10-8-11(22-2)9-15-12(10)6-7-16(21)20(15)17-13(18)4-3-5-14(17)19/h10-17,21H,3-9H2,1-2H3/t10?,11?,12?,13-,14?,15?,16?,17?/m0/s1. The molecule has 8 atom stereocenters. The molecule has 2 aliphatic carbocycles. The molecule has 1 N–H and O–H groups in total. The van der Waals surface area contributed by atoms with E-state index >= 15 is 0 Å². The summed E-state index contributed by atoms with van der Waals surface area (Å²) in [5.74, 6) is 0.884. The summed E-state index contributed by atoms with van der Waals surface area (Å²) in [7, 11) is 1.71. The lowest BCUT2D eigenvalue weighted by atomic mass is 9.69. The predicted molar refractivity (Wildman–Crippen MR) is 81.0 cm³/mol. The van der Waals surface area contributed by atoms with Crippen LogP contribution in [0.1, 0.15) is 51.9 Å². The molecule has 7 unspecified atom stereocenters. The molecule has 1 saturated heterocycles. The Hall–Kier alpha value is -0.260. The van der Waals surface area contributed by atoms with E-state index in [9.17, 15) is 13.9 Å². The molecule has 1 aliphatic heterocycles. The van der Waals surface area contributed by atoms with Gasteiger partial charge in [-0.25, -0.2) is 8.78 Å². The first-order valence-corrected chi connectivity index (χ1v) is 8.79. The highest BCUT2D eigenvalue weighted by atomic mass is 19.1. The number of fused-ring (bicyclic) bond motifs is 1. The molecule has 0 spiro atoms. The molecule has 1 heterocycles. The number of piperidine rings is 1. The Labute approximate surface area is 132 Å². The van der Waals surface area contributed by atoms with Crippen LogP contribution < -0.4 is 0 Å². The second kappa shape index (κ2) is 6.70. The molecule has 3 aliphatic rings. The van der Waals surface area contributed by atoms with Crippen molar-refractivity contribution in [1.29, 1.82) is 0 Å². The number of ether oxygens (including phenoxy) is 1. The molecule has 128 valence electrons. The van der Waals surface area contributed by atoms with Gasteiger partial charge in [-0.05, 0) is 56.8 Å². The average Bonchev–Trinajstić information content (AvgIpc) is 2.48. The third-order valence-corrected chi connectivity index (χ3v) is 6.23. The molecule has 0 radical (unpaired) electrons. The Bertz CT molecular complexity index is 374. The summed E-state index contributed by atoms with van der Waals surface area (Å²) >= 11 is 0. The van der Waals surface area contributed by atoms with Crippen LogP contribution in [0.4, 0.5) is 8.78 Å². The molecule has 3 rings (SSSR count). The molecule has 0 bridgehead atoms. The molecule has 0 aromatic heterocycles. The van der Waals surface area contributed by atoms with Gasteiger partial charge in [-0.2, -0.15) is 0 Å². The quantitative estimate of drug-likeness (QED) is 0.849.